The Bertz CT molecular complexity index is 530. The molecule has 0 aromatic heterocycles. The van der Waals surface area contributed by atoms with E-state index in [1.165, 1.54) is 57.8 Å². The van der Waals surface area contributed by atoms with Crippen molar-refractivity contribution < 1.29 is 27.3 Å². The van der Waals surface area contributed by atoms with Crippen LogP contribution in [0.3, 0.4) is 0 Å². The maximum absolute atomic E-state index is 10.0. The topological polar surface area (TPSA) is 77.4 Å². The molecule has 2 N–H and O–H groups in total. The Hall–Kier alpha value is 0.411. The van der Waals surface area contributed by atoms with Crippen molar-refractivity contribution in [1.29, 1.82) is 0 Å². The maximum Gasteiger partial charge on any atom is 0.337 e. The van der Waals surface area contributed by atoms with Crippen LogP contribution in [-0.2, 0) is 17.1 Å². The van der Waals surface area contributed by atoms with Gasteiger partial charge in [-0.25, -0.2) is 0 Å². The van der Waals surface area contributed by atoms with Crippen LogP contribution in [0.25, 0.3) is 0 Å². The lowest BCUT2D eigenvalue weighted by atomic mass is 9.99. The van der Waals surface area contributed by atoms with E-state index < -0.39 is 25.7 Å². The van der Waals surface area contributed by atoms with Crippen molar-refractivity contribution in [2.24, 2.45) is 0 Å². The van der Waals surface area contributed by atoms with Crippen molar-refractivity contribution in [3.8, 4) is 0 Å². The van der Waals surface area contributed by atoms with Crippen molar-refractivity contribution >= 4 is 25.7 Å². The first-order chi connectivity index (χ1) is 15.4. The van der Waals surface area contributed by atoms with Gasteiger partial charge in [0.25, 0.3) is 0 Å². The Morgan fingerprint density at radius 2 is 0.969 bits per heavy atom. The Kier molecular flexibility index (Phi) is 10.5. The summed E-state index contributed by atoms with van der Waals surface area (Å²) in [6.45, 7) is 5.89. The monoisotopic (exact) mass is 504 g/mol. The maximum atomic E-state index is 10.0. The molecule has 0 bridgehead atoms. The smallest absolute Gasteiger partial charge is 0.337 e. The molecule has 0 aromatic carbocycles. The van der Waals surface area contributed by atoms with Gasteiger partial charge in [0, 0.05) is 16.6 Å². The van der Waals surface area contributed by atoms with Gasteiger partial charge in [-0.15, -0.1) is 0 Å². The summed E-state index contributed by atoms with van der Waals surface area (Å²) < 4.78 is 26.6. The highest BCUT2D eigenvalue weighted by Crippen LogP contribution is 2.51. The second-order valence-electron chi connectivity index (χ2n) is 10.9. The fraction of sp³-hybridized carbons (Fsp3) is 1.00. The van der Waals surface area contributed by atoms with Gasteiger partial charge in [0.15, 0.2) is 0 Å². The van der Waals surface area contributed by atoms with Gasteiger partial charge in [-0.2, -0.15) is 0 Å². The fourth-order valence-electron chi connectivity index (χ4n) is 6.75. The molecule has 0 amide bonds. The Balaban J connectivity index is 1.86. The van der Waals surface area contributed by atoms with Gasteiger partial charge in [-0.05, 0) is 58.2 Å². The Morgan fingerprint density at radius 3 is 1.38 bits per heavy atom. The molecule has 32 heavy (non-hydrogen) atoms. The van der Waals surface area contributed by atoms with E-state index in [4.69, 9.17) is 17.1 Å². The van der Waals surface area contributed by atoms with Gasteiger partial charge >= 0.3 is 25.7 Å². The van der Waals surface area contributed by atoms with Crippen molar-refractivity contribution in [3.63, 3.8) is 0 Å². The summed E-state index contributed by atoms with van der Waals surface area (Å²) in [4.78, 5) is 0. The van der Waals surface area contributed by atoms with Crippen LogP contribution in [-0.4, -0.2) is 49.5 Å². The molecular weight excluding hydrogens is 457 g/mol. The highest BCUT2D eigenvalue weighted by molar-refractivity contribution is 6.86. The zero-order chi connectivity index (χ0) is 23.1. The van der Waals surface area contributed by atoms with E-state index in [1.54, 1.807) is 0 Å². The summed E-state index contributed by atoms with van der Waals surface area (Å²) in [6.07, 6.45) is 18.1. The molecule has 3 aliphatic rings. The van der Waals surface area contributed by atoms with E-state index in [0.29, 0.717) is 16.6 Å². The van der Waals surface area contributed by atoms with E-state index in [1.807, 2.05) is 0 Å². The molecule has 0 aromatic rings. The van der Waals surface area contributed by atoms with Crippen LogP contribution < -0.4 is 0 Å². The highest BCUT2D eigenvalue weighted by atomic mass is 28.5. The molecule has 3 saturated carbocycles. The minimum Gasteiger partial charge on any atom is -0.415 e. The van der Waals surface area contributed by atoms with Gasteiger partial charge in [-0.3, -0.25) is 0 Å². The minimum absolute atomic E-state index is 0.256. The first-order valence-corrected chi connectivity index (χ1v) is 20.4. The molecule has 1 unspecified atom stereocenters. The van der Waals surface area contributed by atoms with Crippen LogP contribution in [0.15, 0.2) is 0 Å². The standard InChI is InChI=1S/C23H48O6Si3/c1-30(2,28-31(3,26-19-24)21-13-7-4-8-14-21)29-32(27-20-25,22-15-9-5-10-16-22)23-17-11-6-12-18-23/h21-25H,4-20H2,1-3H3. The predicted octanol–water partition coefficient (Wildman–Crippen LogP) is 6.17. The number of hydrogen-bond acceptors (Lipinski definition) is 6. The quantitative estimate of drug-likeness (QED) is 0.259. The van der Waals surface area contributed by atoms with Crippen LogP contribution >= 0.6 is 0 Å². The largest absolute Gasteiger partial charge is 0.415 e. The first-order valence-electron chi connectivity index (χ1n) is 13.3. The van der Waals surface area contributed by atoms with Crippen LogP contribution in [0.1, 0.15) is 96.3 Å². The van der Waals surface area contributed by atoms with Crippen LogP contribution in [0, 0.1) is 0 Å². The lowest BCUT2D eigenvalue weighted by molar-refractivity contribution is 0.0472. The van der Waals surface area contributed by atoms with Crippen molar-refractivity contribution in [2.45, 2.75) is 133 Å². The van der Waals surface area contributed by atoms with Crippen molar-refractivity contribution in [3.05, 3.63) is 0 Å². The summed E-state index contributed by atoms with van der Waals surface area (Å²) in [5, 5.41) is 19.8. The molecule has 188 valence electrons. The zero-order valence-corrected chi connectivity index (χ0v) is 23.8. The second kappa shape index (κ2) is 12.4. The molecule has 0 aliphatic heterocycles. The number of aliphatic hydroxyl groups is 2. The molecule has 3 aliphatic carbocycles. The molecule has 9 heteroatoms. The third-order valence-electron chi connectivity index (χ3n) is 8.19. The van der Waals surface area contributed by atoms with E-state index in [9.17, 15) is 10.2 Å². The average molecular weight is 505 g/mol. The van der Waals surface area contributed by atoms with Crippen molar-refractivity contribution in [1.82, 2.24) is 0 Å². The van der Waals surface area contributed by atoms with Gasteiger partial charge in [0.2, 0.25) is 0 Å². The SMILES string of the molecule is C[Si](C)(O[Si](C)(OCO)C1CCCCC1)O[Si](OCO)(C1CCCCC1)C1CCCCC1. The van der Waals surface area contributed by atoms with E-state index in [-0.39, 0.29) is 13.6 Å². The molecule has 0 spiro atoms. The fourth-order valence-corrected chi connectivity index (χ4v) is 22.5. The van der Waals surface area contributed by atoms with Crippen LogP contribution in [0.5, 0.6) is 0 Å². The van der Waals surface area contributed by atoms with Gasteiger partial charge < -0.3 is 27.3 Å². The Labute approximate surface area is 199 Å². The highest BCUT2D eigenvalue weighted by Gasteiger charge is 2.57. The third-order valence-corrected chi connectivity index (χ3v) is 21.8. The van der Waals surface area contributed by atoms with Crippen LogP contribution in [0.2, 0.25) is 36.3 Å². The number of hydrogen-bond donors (Lipinski definition) is 2. The first kappa shape index (κ1) is 27.0. The summed E-state index contributed by atoms with van der Waals surface area (Å²) in [6, 6.07) is 0. The average Bonchev–Trinajstić information content (AvgIpc) is 2.80. The molecule has 3 fully saturated rings. The van der Waals surface area contributed by atoms with E-state index in [0.717, 1.165) is 38.5 Å². The normalized spacial score (nSPS) is 25.0. The number of rotatable bonds is 11. The molecule has 6 nitrogen and oxygen atoms in total. The summed E-state index contributed by atoms with van der Waals surface area (Å²) in [7, 11) is -7.97. The Morgan fingerprint density at radius 1 is 0.562 bits per heavy atom. The van der Waals surface area contributed by atoms with E-state index in [2.05, 4.69) is 19.6 Å². The molecular formula is C23H48O6Si3. The summed E-state index contributed by atoms with van der Waals surface area (Å²) in [5.41, 5.74) is 1.27. The molecule has 3 rings (SSSR count). The third kappa shape index (κ3) is 6.75. The zero-order valence-electron chi connectivity index (χ0n) is 20.8. The lowest BCUT2D eigenvalue weighted by Gasteiger charge is -2.50. The second-order valence-corrected chi connectivity index (χ2v) is 21.8. The predicted molar refractivity (Wildman–Crippen MR) is 134 cm³/mol. The van der Waals surface area contributed by atoms with E-state index >= 15 is 0 Å². The summed E-state index contributed by atoms with van der Waals surface area (Å²) in [5.74, 6) is 0. The molecule has 0 saturated heterocycles. The van der Waals surface area contributed by atoms with Gasteiger partial charge in [0.1, 0.15) is 13.6 Å². The molecule has 0 heterocycles. The summed E-state index contributed by atoms with van der Waals surface area (Å²) >= 11 is 0. The van der Waals surface area contributed by atoms with Gasteiger partial charge in [-0.1, -0.05) is 57.8 Å². The molecule has 0 radical (unpaired) electrons. The molecule has 1 atom stereocenters. The minimum atomic E-state index is -2.71. The van der Waals surface area contributed by atoms with Gasteiger partial charge in [0.05, 0.1) is 0 Å². The van der Waals surface area contributed by atoms with Crippen molar-refractivity contribution in [2.75, 3.05) is 13.6 Å². The van der Waals surface area contributed by atoms with Crippen LogP contribution in [0.4, 0.5) is 0 Å². The lowest BCUT2D eigenvalue weighted by Crippen LogP contribution is -2.62. The number of aliphatic hydroxyl groups excluding tert-OH is 2.